The van der Waals surface area contributed by atoms with E-state index in [2.05, 4.69) is 4.98 Å². The fourth-order valence-electron chi connectivity index (χ4n) is 2.52. The molecular weight excluding hydrogens is 228 g/mol. The molecule has 0 aliphatic heterocycles. The molecule has 4 nitrogen and oxygen atoms in total. The summed E-state index contributed by atoms with van der Waals surface area (Å²) >= 11 is 0. The molecule has 0 spiro atoms. The SMILES string of the molecule is N[C@@H]1CC[C@H](Oc2ccc3c(=O)[nH]ccc3c2)C1. The van der Waals surface area contributed by atoms with E-state index in [0.29, 0.717) is 5.39 Å². The zero-order valence-electron chi connectivity index (χ0n) is 10.1. The van der Waals surface area contributed by atoms with E-state index in [0.717, 1.165) is 30.4 Å². The number of benzene rings is 1. The lowest BCUT2D eigenvalue weighted by Gasteiger charge is -2.13. The first kappa shape index (κ1) is 11.3. The zero-order valence-corrected chi connectivity index (χ0v) is 10.1. The minimum absolute atomic E-state index is 0.0676. The van der Waals surface area contributed by atoms with Crippen molar-refractivity contribution in [3.8, 4) is 5.75 Å². The van der Waals surface area contributed by atoms with Gasteiger partial charge in [0.25, 0.3) is 5.56 Å². The molecule has 0 bridgehead atoms. The van der Waals surface area contributed by atoms with E-state index in [9.17, 15) is 4.79 Å². The summed E-state index contributed by atoms with van der Waals surface area (Å²) in [6.07, 6.45) is 4.80. The third-order valence-electron chi connectivity index (χ3n) is 3.47. The minimum Gasteiger partial charge on any atom is -0.490 e. The summed E-state index contributed by atoms with van der Waals surface area (Å²) in [5.74, 6) is 0.812. The summed E-state index contributed by atoms with van der Waals surface area (Å²) in [6, 6.07) is 7.70. The van der Waals surface area contributed by atoms with Crippen molar-refractivity contribution in [1.82, 2.24) is 4.98 Å². The Bertz CT molecular complexity index is 620. The highest BCUT2D eigenvalue weighted by Crippen LogP contribution is 2.25. The number of ether oxygens (including phenoxy) is 1. The smallest absolute Gasteiger partial charge is 0.255 e. The standard InChI is InChI=1S/C14H16N2O2/c15-10-1-2-12(8-10)18-11-3-4-13-9(7-11)5-6-16-14(13)17/h3-7,10,12H,1-2,8,15H2,(H,16,17)/t10-,12+/m1/s1. The minimum atomic E-state index is -0.0676. The van der Waals surface area contributed by atoms with Gasteiger partial charge in [-0.05, 0) is 48.9 Å². The molecule has 4 heteroatoms. The number of aromatic nitrogens is 1. The van der Waals surface area contributed by atoms with E-state index in [1.165, 1.54) is 0 Å². The Labute approximate surface area is 105 Å². The Hall–Kier alpha value is -1.81. The van der Waals surface area contributed by atoms with Gasteiger partial charge in [-0.1, -0.05) is 0 Å². The van der Waals surface area contributed by atoms with Crippen LogP contribution in [-0.2, 0) is 0 Å². The quantitative estimate of drug-likeness (QED) is 0.846. The highest BCUT2D eigenvalue weighted by Gasteiger charge is 2.23. The number of nitrogens with one attached hydrogen (secondary N) is 1. The number of pyridine rings is 1. The van der Waals surface area contributed by atoms with Gasteiger partial charge in [0, 0.05) is 17.6 Å². The molecule has 1 heterocycles. The second-order valence-corrected chi connectivity index (χ2v) is 4.87. The van der Waals surface area contributed by atoms with Gasteiger partial charge < -0.3 is 15.5 Å². The zero-order chi connectivity index (χ0) is 12.5. The van der Waals surface area contributed by atoms with Crippen molar-refractivity contribution in [2.75, 3.05) is 0 Å². The fraction of sp³-hybridized carbons (Fsp3) is 0.357. The third-order valence-corrected chi connectivity index (χ3v) is 3.47. The molecule has 1 aliphatic rings. The van der Waals surface area contributed by atoms with Gasteiger partial charge in [-0.25, -0.2) is 0 Å². The number of nitrogens with two attached hydrogens (primary N) is 1. The first-order chi connectivity index (χ1) is 8.72. The Morgan fingerprint density at radius 1 is 1.28 bits per heavy atom. The Kier molecular flexibility index (Phi) is 2.80. The lowest BCUT2D eigenvalue weighted by molar-refractivity contribution is 0.208. The topological polar surface area (TPSA) is 68.1 Å². The van der Waals surface area contributed by atoms with Gasteiger partial charge in [-0.15, -0.1) is 0 Å². The van der Waals surface area contributed by atoms with E-state index >= 15 is 0 Å². The van der Waals surface area contributed by atoms with Crippen molar-refractivity contribution in [2.24, 2.45) is 5.73 Å². The molecule has 1 saturated carbocycles. The fourth-order valence-corrected chi connectivity index (χ4v) is 2.52. The van der Waals surface area contributed by atoms with Crippen LogP contribution < -0.4 is 16.0 Å². The molecule has 1 aromatic heterocycles. The molecule has 2 aromatic rings. The maximum absolute atomic E-state index is 11.6. The van der Waals surface area contributed by atoms with Gasteiger partial charge in [-0.2, -0.15) is 0 Å². The first-order valence-electron chi connectivity index (χ1n) is 6.26. The van der Waals surface area contributed by atoms with Gasteiger partial charge in [-0.3, -0.25) is 4.79 Å². The van der Waals surface area contributed by atoms with E-state index < -0.39 is 0 Å². The molecule has 3 N–H and O–H groups in total. The van der Waals surface area contributed by atoms with Crippen LogP contribution in [0.5, 0.6) is 5.75 Å². The summed E-state index contributed by atoms with van der Waals surface area (Å²) in [5.41, 5.74) is 5.80. The number of aromatic amines is 1. The van der Waals surface area contributed by atoms with Gasteiger partial charge >= 0.3 is 0 Å². The van der Waals surface area contributed by atoms with Crippen LogP contribution in [0.15, 0.2) is 35.3 Å². The molecule has 0 amide bonds. The number of fused-ring (bicyclic) bond motifs is 1. The Morgan fingerprint density at radius 2 is 2.17 bits per heavy atom. The first-order valence-corrected chi connectivity index (χ1v) is 6.26. The maximum atomic E-state index is 11.6. The van der Waals surface area contributed by atoms with E-state index in [-0.39, 0.29) is 17.7 Å². The summed E-state index contributed by atoms with van der Waals surface area (Å²) in [7, 11) is 0. The van der Waals surface area contributed by atoms with Crippen molar-refractivity contribution >= 4 is 10.8 Å². The molecular formula is C14H16N2O2. The second kappa shape index (κ2) is 4.46. The van der Waals surface area contributed by atoms with Crippen LogP contribution >= 0.6 is 0 Å². The number of rotatable bonds is 2. The molecule has 0 unspecified atom stereocenters. The molecule has 2 atom stereocenters. The van der Waals surface area contributed by atoms with Gasteiger partial charge in [0.2, 0.25) is 0 Å². The van der Waals surface area contributed by atoms with Gasteiger partial charge in [0.1, 0.15) is 11.9 Å². The van der Waals surface area contributed by atoms with E-state index in [1.807, 2.05) is 18.2 Å². The molecule has 18 heavy (non-hydrogen) atoms. The van der Waals surface area contributed by atoms with Crippen LogP contribution in [0.3, 0.4) is 0 Å². The van der Waals surface area contributed by atoms with Crippen LogP contribution in [0, 0.1) is 0 Å². The van der Waals surface area contributed by atoms with E-state index in [1.54, 1.807) is 12.3 Å². The Morgan fingerprint density at radius 3 is 2.94 bits per heavy atom. The molecule has 1 aliphatic carbocycles. The van der Waals surface area contributed by atoms with Crippen molar-refractivity contribution < 1.29 is 4.74 Å². The molecule has 94 valence electrons. The maximum Gasteiger partial charge on any atom is 0.255 e. The van der Waals surface area contributed by atoms with Gasteiger partial charge in [0.15, 0.2) is 0 Å². The van der Waals surface area contributed by atoms with Crippen LogP contribution in [0.4, 0.5) is 0 Å². The summed E-state index contributed by atoms with van der Waals surface area (Å²) in [6.45, 7) is 0. The molecule has 1 fully saturated rings. The Balaban J connectivity index is 1.87. The third kappa shape index (κ3) is 2.11. The summed E-state index contributed by atoms with van der Waals surface area (Å²) in [4.78, 5) is 14.2. The average molecular weight is 244 g/mol. The van der Waals surface area contributed by atoms with Crippen LogP contribution in [0.25, 0.3) is 10.8 Å². The van der Waals surface area contributed by atoms with Crippen molar-refractivity contribution in [2.45, 2.75) is 31.4 Å². The van der Waals surface area contributed by atoms with Crippen LogP contribution in [-0.4, -0.2) is 17.1 Å². The lowest BCUT2D eigenvalue weighted by atomic mass is 10.1. The van der Waals surface area contributed by atoms with Crippen LogP contribution in [0.1, 0.15) is 19.3 Å². The molecule has 0 saturated heterocycles. The predicted octanol–water partition coefficient (Wildman–Crippen LogP) is 1.79. The van der Waals surface area contributed by atoms with Gasteiger partial charge in [0.05, 0.1) is 0 Å². The lowest BCUT2D eigenvalue weighted by Crippen LogP contribution is -2.19. The average Bonchev–Trinajstić information content (AvgIpc) is 2.75. The largest absolute Gasteiger partial charge is 0.490 e. The number of hydrogen-bond acceptors (Lipinski definition) is 3. The molecule has 0 radical (unpaired) electrons. The highest BCUT2D eigenvalue weighted by atomic mass is 16.5. The number of hydrogen-bond donors (Lipinski definition) is 2. The molecule has 1 aromatic carbocycles. The molecule has 3 rings (SSSR count). The van der Waals surface area contributed by atoms with Crippen molar-refractivity contribution in [1.29, 1.82) is 0 Å². The van der Waals surface area contributed by atoms with Crippen molar-refractivity contribution in [3.05, 3.63) is 40.8 Å². The predicted molar refractivity (Wildman–Crippen MR) is 70.8 cm³/mol. The van der Waals surface area contributed by atoms with Crippen molar-refractivity contribution in [3.63, 3.8) is 0 Å². The summed E-state index contributed by atoms with van der Waals surface area (Å²) in [5, 5.41) is 1.59. The monoisotopic (exact) mass is 244 g/mol. The second-order valence-electron chi connectivity index (χ2n) is 4.87. The number of H-pyrrole nitrogens is 1. The normalized spacial score (nSPS) is 23.4. The highest BCUT2D eigenvalue weighted by molar-refractivity contribution is 5.82. The summed E-state index contributed by atoms with van der Waals surface area (Å²) < 4.78 is 5.90. The van der Waals surface area contributed by atoms with E-state index in [4.69, 9.17) is 10.5 Å². The van der Waals surface area contributed by atoms with Crippen LogP contribution in [0.2, 0.25) is 0 Å².